The number of fused-ring (bicyclic) bond motifs is 1. The number of benzene rings is 1. The van der Waals surface area contributed by atoms with Crippen molar-refractivity contribution < 1.29 is 36.7 Å². The van der Waals surface area contributed by atoms with E-state index in [1.807, 2.05) is 6.07 Å². The van der Waals surface area contributed by atoms with Crippen molar-refractivity contribution in [2.75, 3.05) is 39.2 Å². The molecule has 4 heterocycles. The van der Waals surface area contributed by atoms with Gasteiger partial charge in [0, 0.05) is 31.2 Å². The quantitative estimate of drug-likeness (QED) is 0.618. The summed E-state index contributed by atoms with van der Waals surface area (Å²) in [6.45, 7) is 3.35. The zero-order valence-electron chi connectivity index (χ0n) is 19.3. The summed E-state index contributed by atoms with van der Waals surface area (Å²) in [7, 11) is -3.76. The van der Waals surface area contributed by atoms with Crippen LogP contribution in [0.15, 0.2) is 12.1 Å². The summed E-state index contributed by atoms with van der Waals surface area (Å²) in [6.07, 6.45) is 5.15. The van der Waals surface area contributed by atoms with Gasteiger partial charge >= 0.3 is 10.1 Å². The van der Waals surface area contributed by atoms with Crippen LogP contribution >= 0.6 is 0 Å². The summed E-state index contributed by atoms with van der Waals surface area (Å²) in [4.78, 5) is 2.41. The van der Waals surface area contributed by atoms with E-state index < -0.39 is 33.0 Å². The number of hydrogen-bond donors (Lipinski definition) is 1. The van der Waals surface area contributed by atoms with Gasteiger partial charge < -0.3 is 28.2 Å². The average molecular weight is 494 g/mol. The minimum Gasteiger partial charge on any atom is -0.479 e. The first-order chi connectivity index (χ1) is 16.3. The van der Waals surface area contributed by atoms with Crippen molar-refractivity contribution in [2.45, 2.75) is 73.6 Å². The normalized spacial score (nSPS) is 39.8. The first-order valence-electron chi connectivity index (χ1n) is 12.3. The number of hydrogen-bond acceptors (Lipinski definition) is 9. The first-order valence-corrected chi connectivity index (χ1v) is 14.2. The van der Waals surface area contributed by atoms with Crippen LogP contribution in [-0.4, -0.2) is 87.2 Å². The third kappa shape index (κ3) is 2.75. The van der Waals surface area contributed by atoms with Crippen molar-refractivity contribution in [3.05, 3.63) is 23.3 Å². The van der Waals surface area contributed by atoms with Crippen molar-refractivity contribution in [1.29, 1.82) is 0 Å². The van der Waals surface area contributed by atoms with Gasteiger partial charge in [-0.25, -0.2) is 0 Å². The molecule has 0 aromatic heterocycles. The van der Waals surface area contributed by atoms with Crippen LogP contribution in [-0.2, 0) is 36.2 Å². The zero-order valence-corrected chi connectivity index (χ0v) is 20.1. The molecule has 0 radical (unpaired) electrons. The van der Waals surface area contributed by atoms with Crippen LogP contribution in [0, 0.1) is 0 Å². The lowest BCUT2D eigenvalue weighted by atomic mass is 9.48. The third-order valence-corrected chi connectivity index (χ3v) is 9.52. The van der Waals surface area contributed by atoms with E-state index in [9.17, 15) is 13.5 Å². The lowest BCUT2D eigenvalue weighted by molar-refractivity contribution is -0.297. The standard InChI is InChI=1S/C24H31NO8S/c1-34(27,28)33-17-5-4-15-13-18-23(26)6-7-24(30-11-12-31-24)21-22(23,19(15)20(17)32-21)8-9-25(18)14-16-3-2-10-29-16/h4-5,16,18,21,26H,2-3,6-14H2,1H3/t16?,18-,21?,22+,23?/m1/s1. The lowest BCUT2D eigenvalue weighted by Gasteiger charge is -2.65. The van der Waals surface area contributed by atoms with Gasteiger partial charge in [0.15, 0.2) is 17.6 Å². The third-order valence-electron chi connectivity index (χ3n) is 9.04. The molecule has 2 aliphatic carbocycles. The number of piperidine rings is 1. The maximum atomic E-state index is 12.6. The molecule has 6 aliphatic rings. The average Bonchev–Trinajstić information content (AvgIpc) is 3.51. The van der Waals surface area contributed by atoms with Crippen LogP contribution in [0.1, 0.15) is 43.2 Å². The van der Waals surface area contributed by atoms with Crippen molar-refractivity contribution in [3.8, 4) is 11.5 Å². The Morgan fingerprint density at radius 1 is 1.18 bits per heavy atom. The molecule has 1 aromatic carbocycles. The van der Waals surface area contributed by atoms with Gasteiger partial charge in [-0.3, -0.25) is 4.90 Å². The molecule has 1 N–H and O–H groups in total. The van der Waals surface area contributed by atoms with Gasteiger partial charge in [-0.05, 0) is 50.3 Å². The molecule has 1 saturated carbocycles. The van der Waals surface area contributed by atoms with Crippen LogP contribution in [0.25, 0.3) is 0 Å². The van der Waals surface area contributed by atoms with E-state index in [0.717, 1.165) is 49.9 Å². The fraction of sp³-hybridized carbons (Fsp3) is 0.750. The molecule has 0 amide bonds. The Kier molecular flexibility index (Phi) is 4.54. The summed E-state index contributed by atoms with van der Waals surface area (Å²) < 4.78 is 54.3. The Labute approximate surface area is 199 Å². The van der Waals surface area contributed by atoms with Crippen LogP contribution in [0.4, 0.5) is 0 Å². The summed E-state index contributed by atoms with van der Waals surface area (Å²) in [5, 5.41) is 12.6. The van der Waals surface area contributed by atoms with Crippen molar-refractivity contribution >= 4 is 10.1 Å². The number of likely N-dealkylation sites (tertiary alicyclic amines) is 1. The van der Waals surface area contributed by atoms with Gasteiger partial charge in [-0.1, -0.05) is 6.07 Å². The molecular weight excluding hydrogens is 462 g/mol. The molecule has 34 heavy (non-hydrogen) atoms. The Morgan fingerprint density at radius 2 is 2.00 bits per heavy atom. The molecule has 7 rings (SSSR count). The lowest BCUT2D eigenvalue weighted by Crippen LogP contribution is -2.79. The van der Waals surface area contributed by atoms with Crippen molar-refractivity contribution in [2.24, 2.45) is 0 Å². The Hall–Kier alpha value is -1.43. The van der Waals surface area contributed by atoms with E-state index in [1.165, 1.54) is 0 Å². The molecule has 5 atom stereocenters. The second-order valence-electron chi connectivity index (χ2n) is 10.7. The maximum Gasteiger partial charge on any atom is 0.306 e. The molecule has 2 spiro atoms. The van der Waals surface area contributed by atoms with Gasteiger partial charge in [-0.2, -0.15) is 8.42 Å². The predicted molar refractivity (Wildman–Crippen MR) is 119 cm³/mol. The SMILES string of the molecule is CS(=O)(=O)Oc1ccc2c3c1OC1C4(CCC5(O)[C@@H](C2)N(CC2CCCO2)CC[C@]315)OCCO4. The highest BCUT2D eigenvalue weighted by Gasteiger charge is 2.77. The number of ether oxygens (including phenoxy) is 4. The second kappa shape index (κ2) is 7.08. The van der Waals surface area contributed by atoms with Gasteiger partial charge in [-0.15, -0.1) is 0 Å². The molecule has 4 fully saturated rings. The Morgan fingerprint density at radius 3 is 2.74 bits per heavy atom. The molecule has 3 saturated heterocycles. The number of aliphatic hydroxyl groups is 1. The van der Waals surface area contributed by atoms with E-state index in [2.05, 4.69) is 4.90 Å². The summed E-state index contributed by atoms with van der Waals surface area (Å²) >= 11 is 0. The predicted octanol–water partition coefficient (Wildman–Crippen LogP) is 1.10. The fourth-order valence-corrected chi connectivity index (χ4v) is 8.30. The topological polar surface area (TPSA) is 104 Å². The molecule has 4 aliphatic heterocycles. The van der Waals surface area contributed by atoms with Crippen molar-refractivity contribution in [3.63, 3.8) is 0 Å². The molecule has 2 bridgehead atoms. The van der Waals surface area contributed by atoms with Gasteiger partial charge in [0.2, 0.25) is 5.79 Å². The van der Waals surface area contributed by atoms with Crippen LogP contribution in [0.2, 0.25) is 0 Å². The van der Waals surface area contributed by atoms with Gasteiger partial charge in [0.25, 0.3) is 0 Å². The molecule has 1 aromatic rings. The summed E-state index contributed by atoms with van der Waals surface area (Å²) in [5.41, 5.74) is 0.136. The van der Waals surface area contributed by atoms with Crippen LogP contribution in [0.3, 0.4) is 0 Å². The van der Waals surface area contributed by atoms with E-state index in [4.69, 9.17) is 23.1 Å². The van der Waals surface area contributed by atoms with E-state index in [0.29, 0.717) is 44.6 Å². The monoisotopic (exact) mass is 493 g/mol. The van der Waals surface area contributed by atoms with E-state index >= 15 is 0 Å². The molecule has 186 valence electrons. The largest absolute Gasteiger partial charge is 0.479 e. The Bertz CT molecular complexity index is 1130. The fourth-order valence-electron chi connectivity index (χ4n) is 7.84. The smallest absolute Gasteiger partial charge is 0.306 e. The summed E-state index contributed by atoms with van der Waals surface area (Å²) in [5.74, 6) is -0.373. The van der Waals surface area contributed by atoms with Crippen LogP contribution in [0.5, 0.6) is 11.5 Å². The minimum absolute atomic E-state index is 0.0876. The summed E-state index contributed by atoms with van der Waals surface area (Å²) in [6, 6.07) is 3.53. The van der Waals surface area contributed by atoms with Crippen LogP contribution < -0.4 is 8.92 Å². The molecule has 3 unspecified atom stereocenters. The highest BCUT2D eigenvalue weighted by atomic mass is 32.2. The van der Waals surface area contributed by atoms with Gasteiger partial charge in [0.1, 0.15) is 0 Å². The maximum absolute atomic E-state index is 12.6. The van der Waals surface area contributed by atoms with Gasteiger partial charge in [0.05, 0.1) is 36.6 Å². The van der Waals surface area contributed by atoms with E-state index in [-0.39, 0.29) is 17.9 Å². The number of nitrogens with zero attached hydrogens (tertiary/aromatic N) is 1. The second-order valence-corrected chi connectivity index (χ2v) is 12.3. The highest BCUT2D eigenvalue weighted by Crippen LogP contribution is 2.68. The number of rotatable bonds is 4. The van der Waals surface area contributed by atoms with Crippen molar-refractivity contribution in [1.82, 2.24) is 4.90 Å². The first kappa shape index (κ1) is 21.8. The minimum atomic E-state index is -3.76. The molecule has 10 heteroatoms. The molecule has 9 nitrogen and oxygen atoms in total. The van der Waals surface area contributed by atoms with E-state index in [1.54, 1.807) is 6.07 Å². The molecular formula is C24H31NO8S. The Balaban J connectivity index is 1.39. The highest BCUT2D eigenvalue weighted by molar-refractivity contribution is 7.86. The zero-order chi connectivity index (χ0) is 23.3.